The molecule has 1 aliphatic rings. The number of hydrogen-bond acceptors (Lipinski definition) is 4. The molecule has 1 atom stereocenters. The van der Waals surface area contributed by atoms with Crippen LogP contribution in [0.25, 0.3) is 0 Å². The van der Waals surface area contributed by atoms with Gasteiger partial charge in [-0.3, -0.25) is 0 Å². The van der Waals surface area contributed by atoms with E-state index in [1.54, 1.807) is 5.55 Å². The van der Waals surface area contributed by atoms with Crippen molar-refractivity contribution in [2.24, 2.45) is 10.2 Å². The summed E-state index contributed by atoms with van der Waals surface area (Å²) in [4.78, 5) is 0.108. The molecule has 0 bridgehead atoms. The first-order valence-corrected chi connectivity index (χ1v) is 8.31. The summed E-state index contributed by atoms with van der Waals surface area (Å²) in [7, 11) is -4.14. The lowest BCUT2D eigenvalue weighted by atomic mass is 10.4. The van der Waals surface area contributed by atoms with E-state index >= 15 is 0 Å². The van der Waals surface area contributed by atoms with E-state index in [4.69, 9.17) is 0 Å². The van der Waals surface area contributed by atoms with Gasteiger partial charge in [0.1, 0.15) is 11.6 Å². The van der Waals surface area contributed by atoms with Crippen LogP contribution < -0.4 is 0 Å². The van der Waals surface area contributed by atoms with Gasteiger partial charge in [0.15, 0.2) is 9.84 Å². The first kappa shape index (κ1) is 12.3. The molecule has 0 spiro atoms. The fraction of sp³-hybridized carbons (Fsp3) is 0.200. The average molecular weight is 274 g/mol. The maximum atomic E-state index is 12.7. The third kappa shape index (κ3) is 2.73. The van der Waals surface area contributed by atoms with Crippen molar-refractivity contribution in [2.45, 2.75) is 4.90 Å². The summed E-state index contributed by atoms with van der Waals surface area (Å²) in [6.45, 7) is 0. The molecule has 0 saturated heterocycles. The molecule has 0 aromatic heterocycles. The zero-order chi connectivity index (χ0) is 12.5. The lowest BCUT2D eigenvalue weighted by Crippen LogP contribution is -2.15. The van der Waals surface area contributed by atoms with E-state index in [9.17, 15) is 12.8 Å². The fourth-order valence-corrected chi connectivity index (χ4v) is 4.31. The van der Waals surface area contributed by atoms with Crippen molar-refractivity contribution in [3.63, 3.8) is 0 Å². The first-order valence-electron chi connectivity index (χ1n) is 4.80. The third-order valence-electron chi connectivity index (χ3n) is 2.30. The van der Waals surface area contributed by atoms with Crippen molar-refractivity contribution in [1.29, 1.82) is 0 Å². The summed E-state index contributed by atoms with van der Waals surface area (Å²) >= 11 is 0. The molecule has 1 heterocycles. The molecule has 2 rings (SSSR count). The number of thiol groups is 1. The second-order valence-electron chi connectivity index (χ2n) is 3.57. The van der Waals surface area contributed by atoms with Gasteiger partial charge in [0, 0.05) is 0 Å². The van der Waals surface area contributed by atoms with Gasteiger partial charge < -0.3 is 0 Å². The molecule has 0 amide bonds. The van der Waals surface area contributed by atoms with Crippen molar-refractivity contribution >= 4 is 31.3 Å². The Balaban J connectivity index is 2.23. The molecule has 92 valence electrons. The quantitative estimate of drug-likeness (QED) is 0.672. The molecular formula is C10H11FN2O2S2. The van der Waals surface area contributed by atoms with E-state index in [0.717, 1.165) is 12.1 Å². The SMILES string of the molecule is C[SH]1C=NN=C1CS(=O)(=O)c1ccc(F)cc1. The van der Waals surface area contributed by atoms with Crippen LogP contribution in [0.15, 0.2) is 39.4 Å². The summed E-state index contributed by atoms with van der Waals surface area (Å²) in [6.07, 6.45) is 1.89. The zero-order valence-electron chi connectivity index (χ0n) is 9.04. The van der Waals surface area contributed by atoms with E-state index in [0.29, 0.717) is 5.04 Å². The van der Waals surface area contributed by atoms with E-state index in [1.807, 2.05) is 6.26 Å². The molecule has 7 heteroatoms. The molecule has 1 aromatic rings. The van der Waals surface area contributed by atoms with Crippen LogP contribution in [0.4, 0.5) is 4.39 Å². The maximum Gasteiger partial charge on any atom is 0.184 e. The molecule has 0 radical (unpaired) electrons. The van der Waals surface area contributed by atoms with Crippen LogP contribution >= 0.6 is 10.9 Å². The number of benzene rings is 1. The predicted molar refractivity (Wildman–Crippen MR) is 69.3 cm³/mol. The number of hydrogen-bond donors (Lipinski definition) is 1. The molecular weight excluding hydrogens is 263 g/mol. The van der Waals surface area contributed by atoms with Gasteiger partial charge in [-0.25, -0.2) is 12.8 Å². The molecule has 1 aliphatic heterocycles. The monoisotopic (exact) mass is 274 g/mol. The Hall–Kier alpha value is -1.21. The van der Waals surface area contributed by atoms with Gasteiger partial charge in [0.2, 0.25) is 0 Å². The van der Waals surface area contributed by atoms with Gasteiger partial charge in [-0.15, -0.1) is 5.10 Å². The van der Waals surface area contributed by atoms with E-state index in [2.05, 4.69) is 10.2 Å². The van der Waals surface area contributed by atoms with Crippen molar-refractivity contribution in [2.75, 3.05) is 12.0 Å². The first-order chi connectivity index (χ1) is 7.99. The Morgan fingerprint density at radius 2 is 1.94 bits per heavy atom. The summed E-state index contributed by atoms with van der Waals surface area (Å²) in [5.74, 6) is -0.607. The maximum absolute atomic E-state index is 12.7. The minimum absolute atomic E-state index is 0.108. The van der Waals surface area contributed by atoms with Gasteiger partial charge in [0.25, 0.3) is 0 Å². The van der Waals surface area contributed by atoms with Crippen LogP contribution in [0.3, 0.4) is 0 Å². The fourth-order valence-electron chi connectivity index (χ4n) is 1.33. The Morgan fingerprint density at radius 3 is 2.47 bits per heavy atom. The number of halogens is 1. The van der Waals surface area contributed by atoms with Gasteiger partial charge in [-0.1, -0.05) is 0 Å². The largest absolute Gasteiger partial charge is 0.223 e. The highest BCUT2D eigenvalue weighted by Gasteiger charge is 2.21. The molecule has 0 fully saturated rings. The number of rotatable bonds is 3. The molecule has 17 heavy (non-hydrogen) atoms. The van der Waals surface area contributed by atoms with E-state index < -0.39 is 26.5 Å². The summed E-state index contributed by atoms with van der Waals surface area (Å²) in [5.41, 5.74) is 1.66. The van der Waals surface area contributed by atoms with Crippen LogP contribution in [0.5, 0.6) is 0 Å². The second-order valence-corrected chi connectivity index (χ2v) is 7.53. The van der Waals surface area contributed by atoms with Crippen LogP contribution in [0, 0.1) is 5.82 Å². The van der Waals surface area contributed by atoms with Crippen molar-refractivity contribution < 1.29 is 12.8 Å². The van der Waals surface area contributed by atoms with Crippen LogP contribution in [0.2, 0.25) is 0 Å². The zero-order valence-corrected chi connectivity index (χ0v) is 10.7. The topological polar surface area (TPSA) is 58.9 Å². The van der Waals surface area contributed by atoms with Gasteiger partial charge in [0.05, 0.1) is 15.5 Å². The van der Waals surface area contributed by atoms with Crippen LogP contribution in [0.1, 0.15) is 0 Å². The molecule has 0 aliphatic carbocycles. The molecule has 0 N–H and O–H groups in total. The van der Waals surface area contributed by atoms with Crippen LogP contribution in [-0.2, 0) is 9.84 Å². The van der Waals surface area contributed by atoms with E-state index in [-0.39, 0.29) is 10.6 Å². The third-order valence-corrected chi connectivity index (χ3v) is 5.67. The number of nitrogens with zero attached hydrogens (tertiary/aromatic N) is 2. The van der Waals surface area contributed by atoms with Gasteiger partial charge in [-0.05, 0) is 30.5 Å². The lowest BCUT2D eigenvalue weighted by molar-refractivity contribution is 0.598. The van der Waals surface area contributed by atoms with Crippen molar-refractivity contribution in [1.82, 2.24) is 0 Å². The Kier molecular flexibility index (Phi) is 3.30. The highest BCUT2D eigenvalue weighted by Crippen LogP contribution is 2.26. The second kappa shape index (κ2) is 4.58. The normalized spacial score (nSPS) is 21.5. The van der Waals surface area contributed by atoms with Crippen molar-refractivity contribution in [3.8, 4) is 0 Å². The predicted octanol–water partition coefficient (Wildman–Crippen LogP) is 1.59. The van der Waals surface area contributed by atoms with Crippen molar-refractivity contribution in [3.05, 3.63) is 30.1 Å². The smallest absolute Gasteiger partial charge is 0.184 e. The average Bonchev–Trinajstić information content (AvgIpc) is 2.64. The molecule has 4 nitrogen and oxygen atoms in total. The lowest BCUT2D eigenvalue weighted by Gasteiger charge is -2.08. The van der Waals surface area contributed by atoms with Crippen LogP contribution in [-0.4, -0.2) is 31.0 Å². The Bertz CT molecular complexity index is 579. The highest BCUT2D eigenvalue weighted by molar-refractivity contribution is 8.40. The Morgan fingerprint density at radius 1 is 1.29 bits per heavy atom. The molecule has 0 saturated carbocycles. The van der Waals surface area contributed by atoms with E-state index in [1.165, 1.54) is 12.1 Å². The number of sulfone groups is 1. The Labute approximate surface area is 102 Å². The standard InChI is InChI=1S/C10H11FN2O2S2/c1-16-7-12-13-10(16)6-17(14,15)9-4-2-8(11)3-5-9/h2-5,7,16H,6H2,1H3. The highest BCUT2D eigenvalue weighted by atomic mass is 32.2. The minimum Gasteiger partial charge on any atom is -0.223 e. The van der Waals surface area contributed by atoms with Gasteiger partial charge >= 0.3 is 0 Å². The van der Waals surface area contributed by atoms with Gasteiger partial charge in [-0.2, -0.15) is 16.0 Å². The molecule has 1 unspecified atom stereocenters. The minimum atomic E-state index is -3.45. The molecule has 1 aromatic carbocycles. The summed E-state index contributed by atoms with van der Waals surface area (Å²) in [6, 6.07) is 4.79. The summed E-state index contributed by atoms with van der Waals surface area (Å²) < 4.78 is 36.7. The summed E-state index contributed by atoms with van der Waals surface area (Å²) in [5, 5.41) is 8.09.